The van der Waals surface area contributed by atoms with E-state index in [0.717, 1.165) is 26.2 Å². The molecule has 1 fully saturated rings. The third-order valence-electron chi connectivity index (χ3n) is 2.40. The van der Waals surface area contributed by atoms with Gasteiger partial charge in [0.2, 0.25) is 5.91 Å². The van der Waals surface area contributed by atoms with Gasteiger partial charge in [-0.15, -0.1) is 0 Å². The van der Waals surface area contributed by atoms with E-state index in [1.807, 2.05) is 0 Å². The first-order chi connectivity index (χ1) is 5.61. The second-order valence-electron chi connectivity index (χ2n) is 3.51. The average Bonchev–Trinajstić information content (AvgIpc) is 2.04. The zero-order valence-corrected chi connectivity index (χ0v) is 7.92. The van der Waals surface area contributed by atoms with Crippen LogP contribution in [0.1, 0.15) is 13.8 Å². The number of carbonyl (C=O) groups is 1. The molecule has 0 aliphatic carbocycles. The topological polar surface area (TPSA) is 23.6 Å². The fourth-order valence-electron chi connectivity index (χ4n) is 1.49. The molecular weight excluding hydrogens is 152 g/mol. The normalized spacial score (nSPS) is 20.2. The Hall–Kier alpha value is -0.570. The summed E-state index contributed by atoms with van der Waals surface area (Å²) in [7, 11) is 0. The minimum Gasteiger partial charge on any atom is -0.340 e. The van der Waals surface area contributed by atoms with Crippen LogP contribution in [0.4, 0.5) is 0 Å². The minimum absolute atomic E-state index is 0.0431. The summed E-state index contributed by atoms with van der Waals surface area (Å²) in [5, 5.41) is 0. The Balaban J connectivity index is 2.34. The zero-order valence-electron chi connectivity index (χ0n) is 7.92. The molecule has 0 atom stereocenters. The summed E-state index contributed by atoms with van der Waals surface area (Å²) < 4.78 is 0. The second kappa shape index (κ2) is 3.90. The molecule has 0 unspecified atom stereocenters. The highest BCUT2D eigenvalue weighted by atomic mass is 16.2. The summed E-state index contributed by atoms with van der Waals surface area (Å²) in [6, 6.07) is 0.590. The fraction of sp³-hybridized carbons (Fsp3) is 0.778. The van der Waals surface area contributed by atoms with Crippen LogP contribution >= 0.6 is 0 Å². The minimum atomic E-state index is -0.0431. The van der Waals surface area contributed by atoms with Crippen LogP contribution < -0.4 is 0 Å². The van der Waals surface area contributed by atoms with Crippen LogP contribution in [0, 0.1) is 6.92 Å². The third kappa shape index (κ3) is 2.21. The summed E-state index contributed by atoms with van der Waals surface area (Å²) in [6.07, 6.45) is 0. The summed E-state index contributed by atoms with van der Waals surface area (Å²) in [6.45, 7) is 11.4. The van der Waals surface area contributed by atoms with Crippen molar-refractivity contribution in [2.24, 2.45) is 0 Å². The van der Waals surface area contributed by atoms with Gasteiger partial charge in [0.15, 0.2) is 0 Å². The van der Waals surface area contributed by atoms with Crippen LogP contribution in [-0.2, 0) is 4.79 Å². The predicted molar refractivity (Wildman–Crippen MR) is 48.6 cm³/mol. The maximum Gasteiger partial charge on any atom is 0.223 e. The first-order valence-corrected chi connectivity index (χ1v) is 4.46. The van der Waals surface area contributed by atoms with Crippen molar-refractivity contribution in [2.45, 2.75) is 19.9 Å². The van der Waals surface area contributed by atoms with E-state index in [1.54, 1.807) is 4.90 Å². The molecule has 0 saturated carbocycles. The van der Waals surface area contributed by atoms with Crippen molar-refractivity contribution in [3.05, 3.63) is 6.92 Å². The molecule has 3 nitrogen and oxygen atoms in total. The van der Waals surface area contributed by atoms with Crippen LogP contribution in [0.2, 0.25) is 0 Å². The van der Waals surface area contributed by atoms with Crippen LogP contribution in [0.3, 0.4) is 0 Å². The van der Waals surface area contributed by atoms with Gasteiger partial charge in [-0.05, 0) is 13.8 Å². The van der Waals surface area contributed by atoms with Crippen molar-refractivity contribution in [1.29, 1.82) is 0 Å². The average molecular weight is 169 g/mol. The Morgan fingerprint density at radius 1 is 1.25 bits per heavy atom. The van der Waals surface area contributed by atoms with E-state index in [2.05, 4.69) is 25.7 Å². The van der Waals surface area contributed by atoms with Crippen LogP contribution in [0.15, 0.2) is 0 Å². The van der Waals surface area contributed by atoms with Crippen molar-refractivity contribution in [2.75, 3.05) is 26.2 Å². The van der Waals surface area contributed by atoms with Crippen LogP contribution in [0.5, 0.6) is 0 Å². The highest BCUT2D eigenvalue weighted by Crippen LogP contribution is 2.05. The van der Waals surface area contributed by atoms with E-state index in [0.29, 0.717) is 6.04 Å². The second-order valence-corrected chi connectivity index (χ2v) is 3.51. The van der Waals surface area contributed by atoms with Gasteiger partial charge in [0, 0.05) is 39.1 Å². The van der Waals surface area contributed by atoms with E-state index in [9.17, 15) is 4.79 Å². The largest absolute Gasteiger partial charge is 0.340 e. The number of amides is 1. The van der Waals surface area contributed by atoms with Crippen molar-refractivity contribution in [3.63, 3.8) is 0 Å². The molecule has 1 rings (SSSR count). The van der Waals surface area contributed by atoms with Crippen molar-refractivity contribution >= 4 is 5.91 Å². The fourth-order valence-corrected chi connectivity index (χ4v) is 1.49. The molecule has 1 saturated heterocycles. The molecule has 0 N–H and O–H groups in total. The van der Waals surface area contributed by atoms with E-state index in [1.165, 1.54) is 0 Å². The highest BCUT2D eigenvalue weighted by molar-refractivity contribution is 5.80. The molecule has 12 heavy (non-hydrogen) atoms. The standard InChI is InChI=1S/C9H17N2O/c1-8(2)10-4-6-11(7-5-10)9(3)12/h8H,3-7H2,1-2H3. The van der Waals surface area contributed by atoms with Gasteiger partial charge >= 0.3 is 0 Å². The molecule has 1 heterocycles. The Kier molecular flexibility index (Phi) is 3.09. The van der Waals surface area contributed by atoms with E-state index in [4.69, 9.17) is 0 Å². The van der Waals surface area contributed by atoms with Gasteiger partial charge in [0.1, 0.15) is 0 Å². The molecule has 0 spiro atoms. The van der Waals surface area contributed by atoms with E-state index >= 15 is 0 Å². The Labute approximate surface area is 74.3 Å². The van der Waals surface area contributed by atoms with Gasteiger partial charge in [-0.1, -0.05) is 0 Å². The molecule has 0 aromatic carbocycles. The van der Waals surface area contributed by atoms with Crippen molar-refractivity contribution < 1.29 is 4.79 Å². The first kappa shape index (κ1) is 9.52. The number of hydrogen-bond donors (Lipinski definition) is 0. The number of carbonyl (C=O) groups excluding carboxylic acids is 1. The Morgan fingerprint density at radius 3 is 2.08 bits per heavy atom. The Morgan fingerprint density at radius 2 is 1.75 bits per heavy atom. The monoisotopic (exact) mass is 169 g/mol. The van der Waals surface area contributed by atoms with Crippen LogP contribution in [-0.4, -0.2) is 47.9 Å². The smallest absolute Gasteiger partial charge is 0.223 e. The molecule has 0 aromatic rings. The number of rotatable bonds is 1. The maximum atomic E-state index is 10.9. The molecule has 0 bridgehead atoms. The Bertz CT molecular complexity index is 160. The van der Waals surface area contributed by atoms with Gasteiger partial charge in [0.05, 0.1) is 0 Å². The first-order valence-electron chi connectivity index (χ1n) is 4.46. The molecule has 69 valence electrons. The summed E-state index contributed by atoms with van der Waals surface area (Å²) >= 11 is 0. The SMILES string of the molecule is [CH2]C(=O)N1CCN(C(C)C)CC1. The highest BCUT2D eigenvalue weighted by Gasteiger charge is 2.19. The number of nitrogens with zero attached hydrogens (tertiary/aromatic N) is 2. The van der Waals surface area contributed by atoms with Gasteiger partial charge in [-0.3, -0.25) is 9.69 Å². The maximum absolute atomic E-state index is 10.9. The molecule has 1 aliphatic rings. The summed E-state index contributed by atoms with van der Waals surface area (Å²) in [4.78, 5) is 15.1. The molecule has 1 amide bonds. The van der Waals surface area contributed by atoms with Crippen molar-refractivity contribution in [1.82, 2.24) is 9.80 Å². The lowest BCUT2D eigenvalue weighted by Gasteiger charge is -2.36. The third-order valence-corrected chi connectivity index (χ3v) is 2.40. The van der Waals surface area contributed by atoms with E-state index in [-0.39, 0.29) is 5.91 Å². The van der Waals surface area contributed by atoms with Gasteiger partial charge in [0.25, 0.3) is 0 Å². The number of hydrogen-bond acceptors (Lipinski definition) is 2. The lowest BCUT2D eigenvalue weighted by molar-refractivity contribution is -0.128. The van der Waals surface area contributed by atoms with E-state index < -0.39 is 0 Å². The lowest BCUT2D eigenvalue weighted by Crippen LogP contribution is -2.50. The molecule has 0 aromatic heterocycles. The summed E-state index contributed by atoms with van der Waals surface area (Å²) in [5.41, 5.74) is 0. The van der Waals surface area contributed by atoms with Gasteiger partial charge in [-0.25, -0.2) is 0 Å². The van der Waals surface area contributed by atoms with Crippen molar-refractivity contribution in [3.8, 4) is 0 Å². The number of piperazine rings is 1. The molecule has 1 radical (unpaired) electrons. The molecule has 1 aliphatic heterocycles. The lowest BCUT2D eigenvalue weighted by atomic mass is 10.2. The zero-order chi connectivity index (χ0) is 9.14. The van der Waals surface area contributed by atoms with Gasteiger partial charge < -0.3 is 4.90 Å². The van der Waals surface area contributed by atoms with Crippen LogP contribution in [0.25, 0.3) is 0 Å². The molecular formula is C9H17N2O. The predicted octanol–water partition coefficient (Wildman–Crippen LogP) is 0.373. The summed E-state index contributed by atoms with van der Waals surface area (Å²) in [5.74, 6) is -0.0431. The quantitative estimate of drug-likeness (QED) is 0.566. The van der Waals surface area contributed by atoms with Gasteiger partial charge in [-0.2, -0.15) is 0 Å². The molecule has 3 heteroatoms.